The zero-order chi connectivity index (χ0) is 10.7. The van der Waals surface area contributed by atoms with Crippen molar-refractivity contribution in [3.05, 3.63) is 33.0 Å². The Morgan fingerprint density at radius 3 is 2.64 bits per heavy atom. The molecule has 0 amide bonds. The average molecular weight is 260 g/mol. The average Bonchev–Trinajstić information content (AvgIpc) is 2.15. The lowest BCUT2D eigenvalue weighted by Crippen LogP contribution is -2.03. The molecule has 0 spiro atoms. The van der Waals surface area contributed by atoms with Crippen molar-refractivity contribution >= 4 is 15.9 Å². The van der Waals surface area contributed by atoms with Gasteiger partial charge in [0.15, 0.2) is 0 Å². The third kappa shape index (κ3) is 2.34. The van der Waals surface area contributed by atoms with E-state index in [1.54, 1.807) is 6.07 Å². The van der Waals surface area contributed by atoms with Gasteiger partial charge in [0.2, 0.25) is 0 Å². The summed E-state index contributed by atoms with van der Waals surface area (Å²) in [6.07, 6.45) is 1.73. The topological polar surface area (TPSA) is 26.0 Å². The smallest absolute Gasteiger partial charge is 0.137 e. The lowest BCUT2D eigenvalue weighted by Gasteiger charge is -2.11. The molecule has 0 saturated carbocycles. The summed E-state index contributed by atoms with van der Waals surface area (Å²) >= 11 is 3.28. The van der Waals surface area contributed by atoms with Crippen LogP contribution >= 0.6 is 15.9 Å². The van der Waals surface area contributed by atoms with Gasteiger partial charge in [-0.15, -0.1) is 0 Å². The molecule has 0 bridgehead atoms. The predicted molar refractivity (Wildman–Crippen MR) is 60.9 cm³/mol. The highest BCUT2D eigenvalue weighted by Crippen LogP contribution is 2.27. The summed E-state index contributed by atoms with van der Waals surface area (Å²) < 4.78 is 14.0. The number of hydrogen-bond donors (Lipinski definition) is 1. The molecule has 0 heterocycles. The summed E-state index contributed by atoms with van der Waals surface area (Å²) in [6, 6.07) is 1.56. The quantitative estimate of drug-likeness (QED) is 0.887. The highest BCUT2D eigenvalue weighted by atomic mass is 79.9. The van der Waals surface area contributed by atoms with E-state index < -0.39 is 0 Å². The molecular weight excluding hydrogens is 245 g/mol. The van der Waals surface area contributed by atoms with Crippen molar-refractivity contribution in [2.45, 2.75) is 26.7 Å². The lowest BCUT2D eigenvalue weighted by molar-refractivity contribution is 0.614. The summed E-state index contributed by atoms with van der Waals surface area (Å²) in [7, 11) is 0. The molecule has 1 aromatic carbocycles. The van der Waals surface area contributed by atoms with Gasteiger partial charge in [0.25, 0.3) is 0 Å². The number of aryl methyl sites for hydroxylation is 1. The van der Waals surface area contributed by atoms with Gasteiger partial charge >= 0.3 is 0 Å². The summed E-state index contributed by atoms with van der Waals surface area (Å²) in [5.41, 5.74) is 8.65. The second-order valence-electron chi connectivity index (χ2n) is 3.49. The van der Waals surface area contributed by atoms with E-state index in [1.807, 2.05) is 13.8 Å². The number of nitrogens with two attached hydrogens (primary N) is 1. The van der Waals surface area contributed by atoms with Gasteiger partial charge in [-0.3, -0.25) is 0 Å². The van der Waals surface area contributed by atoms with Crippen LogP contribution in [0.1, 0.15) is 23.1 Å². The van der Waals surface area contributed by atoms with Gasteiger partial charge in [0.05, 0.1) is 4.47 Å². The van der Waals surface area contributed by atoms with Crippen LogP contribution in [0.25, 0.3) is 0 Å². The molecule has 2 N–H and O–H groups in total. The van der Waals surface area contributed by atoms with Crippen LogP contribution in [-0.2, 0) is 6.42 Å². The van der Waals surface area contributed by atoms with E-state index in [2.05, 4.69) is 15.9 Å². The van der Waals surface area contributed by atoms with Gasteiger partial charge < -0.3 is 5.73 Å². The second kappa shape index (κ2) is 4.89. The normalized spacial score (nSPS) is 10.6. The number of benzene rings is 1. The molecule has 78 valence electrons. The highest BCUT2D eigenvalue weighted by Gasteiger charge is 2.10. The number of rotatable bonds is 3. The lowest BCUT2D eigenvalue weighted by atomic mass is 9.99. The fourth-order valence-electron chi connectivity index (χ4n) is 1.48. The van der Waals surface area contributed by atoms with Crippen LogP contribution in [0.15, 0.2) is 10.5 Å². The Kier molecular flexibility index (Phi) is 4.08. The van der Waals surface area contributed by atoms with E-state index in [0.29, 0.717) is 11.0 Å². The largest absolute Gasteiger partial charge is 0.330 e. The molecule has 0 atom stereocenters. The number of hydrogen-bond acceptors (Lipinski definition) is 1. The fourth-order valence-corrected chi connectivity index (χ4v) is 2.09. The highest BCUT2D eigenvalue weighted by molar-refractivity contribution is 9.10. The van der Waals surface area contributed by atoms with Crippen LogP contribution in [0.5, 0.6) is 0 Å². The van der Waals surface area contributed by atoms with Crippen LogP contribution in [0, 0.1) is 19.7 Å². The summed E-state index contributed by atoms with van der Waals surface area (Å²) in [6.45, 7) is 4.59. The first-order valence-corrected chi connectivity index (χ1v) is 5.51. The maximum atomic E-state index is 13.4. The van der Waals surface area contributed by atoms with E-state index in [4.69, 9.17) is 5.73 Å². The molecule has 1 rings (SSSR count). The molecule has 0 saturated heterocycles. The third-order valence-electron chi connectivity index (χ3n) is 2.49. The first kappa shape index (κ1) is 11.7. The first-order valence-electron chi connectivity index (χ1n) is 4.72. The molecule has 0 aliphatic heterocycles. The molecule has 3 heteroatoms. The van der Waals surface area contributed by atoms with E-state index in [9.17, 15) is 4.39 Å². The third-order valence-corrected chi connectivity index (χ3v) is 3.35. The van der Waals surface area contributed by atoms with E-state index in [-0.39, 0.29) is 5.82 Å². The molecular formula is C11H15BrFN. The fraction of sp³-hybridized carbons (Fsp3) is 0.455. The Labute approximate surface area is 92.6 Å². The standard InChI is InChI=1S/C11H15BrFN/c1-7-6-10(13)11(12)9(8(7)2)4-3-5-14/h6H,3-5,14H2,1-2H3. The van der Waals surface area contributed by atoms with Crippen LogP contribution in [0.2, 0.25) is 0 Å². The molecule has 0 radical (unpaired) electrons. The molecule has 14 heavy (non-hydrogen) atoms. The van der Waals surface area contributed by atoms with Gasteiger partial charge in [-0.2, -0.15) is 0 Å². The van der Waals surface area contributed by atoms with Crippen molar-refractivity contribution in [1.29, 1.82) is 0 Å². The molecule has 0 aliphatic rings. The predicted octanol–water partition coefficient (Wildman–Crippen LogP) is 3.10. The SMILES string of the molecule is Cc1cc(F)c(Br)c(CCCN)c1C. The zero-order valence-electron chi connectivity index (χ0n) is 8.53. The maximum absolute atomic E-state index is 13.4. The minimum atomic E-state index is -0.180. The zero-order valence-corrected chi connectivity index (χ0v) is 10.1. The maximum Gasteiger partial charge on any atom is 0.137 e. The molecule has 0 unspecified atom stereocenters. The van der Waals surface area contributed by atoms with Crippen molar-refractivity contribution in [2.75, 3.05) is 6.54 Å². The first-order chi connectivity index (χ1) is 6.57. The molecule has 1 nitrogen and oxygen atoms in total. The van der Waals surface area contributed by atoms with Crippen molar-refractivity contribution in [3.8, 4) is 0 Å². The van der Waals surface area contributed by atoms with Gasteiger partial charge in [-0.25, -0.2) is 4.39 Å². The molecule has 0 aliphatic carbocycles. The monoisotopic (exact) mass is 259 g/mol. The Bertz CT molecular complexity index is 310. The number of halogens is 2. The summed E-state index contributed by atoms with van der Waals surface area (Å²) in [5, 5.41) is 0. The second-order valence-corrected chi connectivity index (χ2v) is 4.28. The minimum absolute atomic E-state index is 0.180. The van der Waals surface area contributed by atoms with Gasteiger partial charge in [-0.1, -0.05) is 0 Å². The van der Waals surface area contributed by atoms with Crippen molar-refractivity contribution in [1.82, 2.24) is 0 Å². The van der Waals surface area contributed by atoms with Crippen LogP contribution in [0.3, 0.4) is 0 Å². The minimum Gasteiger partial charge on any atom is -0.330 e. The van der Waals surface area contributed by atoms with Crippen molar-refractivity contribution in [3.63, 3.8) is 0 Å². The molecule has 0 aromatic heterocycles. The van der Waals surface area contributed by atoms with Crippen LogP contribution in [-0.4, -0.2) is 6.54 Å². The van der Waals surface area contributed by atoms with E-state index in [0.717, 1.165) is 29.5 Å². The summed E-state index contributed by atoms with van der Waals surface area (Å²) in [4.78, 5) is 0. The Morgan fingerprint density at radius 1 is 1.43 bits per heavy atom. The van der Waals surface area contributed by atoms with Crippen molar-refractivity contribution < 1.29 is 4.39 Å². The van der Waals surface area contributed by atoms with Gasteiger partial charge in [-0.05, 0) is 71.9 Å². The Hall–Kier alpha value is -0.410. The Balaban J connectivity index is 3.11. The summed E-state index contributed by atoms with van der Waals surface area (Å²) in [5.74, 6) is -0.180. The molecule has 1 aromatic rings. The van der Waals surface area contributed by atoms with Gasteiger partial charge in [0.1, 0.15) is 5.82 Å². The van der Waals surface area contributed by atoms with Crippen LogP contribution in [0.4, 0.5) is 4.39 Å². The van der Waals surface area contributed by atoms with Crippen molar-refractivity contribution in [2.24, 2.45) is 5.73 Å². The van der Waals surface area contributed by atoms with E-state index >= 15 is 0 Å². The van der Waals surface area contributed by atoms with Gasteiger partial charge in [0, 0.05) is 0 Å². The Morgan fingerprint density at radius 2 is 2.07 bits per heavy atom. The van der Waals surface area contributed by atoms with E-state index in [1.165, 1.54) is 0 Å². The van der Waals surface area contributed by atoms with Crippen LogP contribution < -0.4 is 5.73 Å². The molecule has 0 fully saturated rings.